The molecule has 0 bridgehead atoms. The first-order valence-corrected chi connectivity index (χ1v) is 4.47. The molecule has 0 heterocycles. The van der Waals surface area contributed by atoms with Gasteiger partial charge < -0.3 is 10.1 Å². The highest BCUT2D eigenvalue weighted by molar-refractivity contribution is 5.26. The largest absolute Gasteiger partial charge is 0.490 e. The number of quaternary nitrogens is 1. The second-order valence-corrected chi connectivity index (χ2v) is 2.86. The van der Waals surface area contributed by atoms with E-state index in [2.05, 4.69) is 31.1 Å². The van der Waals surface area contributed by atoms with Crippen molar-refractivity contribution in [2.45, 2.75) is 6.54 Å². The van der Waals surface area contributed by atoms with E-state index in [1.807, 2.05) is 12.1 Å². The Balaban J connectivity index is 2.53. The van der Waals surface area contributed by atoms with Crippen LogP contribution >= 0.6 is 0 Å². The molecule has 0 atom stereocenters. The molecule has 0 aromatic heterocycles. The molecule has 0 amide bonds. The highest BCUT2D eigenvalue weighted by Crippen LogP contribution is 2.11. The Hall–Kier alpha value is -1.28. The van der Waals surface area contributed by atoms with Crippen molar-refractivity contribution in [3.63, 3.8) is 0 Å². The van der Waals surface area contributed by atoms with Gasteiger partial charge in [0.05, 0.1) is 7.05 Å². The van der Waals surface area contributed by atoms with E-state index >= 15 is 0 Å². The fourth-order valence-corrected chi connectivity index (χ4v) is 1.11. The van der Waals surface area contributed by atoms with Gasteiger partial charge in [-0.25, -0.2) is 0 Å². The first kappa shape index (κ1) is 9.81. The third-order valence-electron chi connectivity index (χ3n) is 1.73. The lowest BCUT2D eigenvalue weighted by Crippen LogP contribution is -2.77. The van der Waals surface area contributed by atoms with Gasteiger partial charge in [-0.3, -0.25) is 0 Å². The van der Waals surface area contributed by atoms with Crippen molar-refractivity contribution in [1.82, 2.24) is 0 Å². The smallest absolute Gasteiger partial charge is 0.119 e. The minimum Gasteiger partial charge on any atom is -0.490 e. The summed E-state index contributed by atoms with van der Waals surface area (Å²) in [7, 11) is 2.06. The number of hydrogen-bond donors (Lipinski definition) is 1. The van der Waals surface area contributed by atoms with Crippen LogP contribution in [0.2, 0.25) is 0 Å². The summed E-state index contributed by atoms with van der Waals surface area (Å²) in [5, 5.41) is 2.14. The molecule has 13 heavy (non-hydrogen) atoms. The van der Waals surface area contributed by atoms with Gasteiger partial charge in [-0.05, 0) is 24.3 Å². The molecule has 1 rings (SSSR count). The fourth-order valence-electron chi connectivity index (χ4n) is 1.11. The van der Waals surface area contributed by atoms with Gasteiger partial charge in [-0.15, -0.1) is 0 Å². The van der Waals surface area contributed by atoms with E-state index in [1.54, 1.807) is 6.08 Å². The zero-order valence-corrected chi connectivity index (χ0v) is 7.99. The molecular formula is C11H16NO+. The Morgan fingerprint density at radius 3 is 2.62 bits per heavy atom. The van der Waals surface area contributed by atoms with Gasteiger partial charge in [0.15, 0.2) is 0 Å². The lowest BCUT2D eigenvalue weighted by Gasteiger charge is -2.03. The second kappa shape index (κ2) is 5.38. The average Bonchev–Trinajstić information content (AvgIpc) is 2.17. The Morgan fingerprint density at radius 1 is 1.38 bits per heavy atom. The van der Waals surface area contributed by atoms with Crippen LogP contribution in [0, 0.1) is 0 Å². The summed E-state index contributed by atoms with van der Waals surface area (Å²) < 4.78 is 5.36. The third kappa shape index (κ3) is 3.30. The molecule has 0 unspecified atom stereocenters. The van der Waals surface area contributed by atoms with Crippen molar-refractivity contribution in [2.75, 3.05) is 13.7 Å². The minimum atomic E-state index is 0.569. The second-order valence-electron chi connectivity index (χ2n) is 2.86. The Labute approximate surface area is 79.2 Å². The highest BCUT2D eigenvalue weighted by Gasteiger charge is 1.94. The van der Waals surface area contributed by atoms with Crippen molar-refractivity contribution >= 4 is 0 Å². The summed E-state index contributed by atoms with van der Waals surface area (Å²) in [4.78, 5) is 0. The van der Waals surface area contributed by atoms with Crippen LogP contribution in [0.15, 0.2) is 36.9 Å². The zero-order valence-electron chi connectivity index (χ0n) is 7.99. The number of rotatable bonds is 5. The average molecular weight is 178 g/mol. The van der Waals surface area contributed by atoms with Crippen molar-refractivity contribution in [2.24, 2.45) is 0 Å². The summed E-state index contributed by atoms with van der Waals surface area (Å²) in [6, 6.07) is 8.14. The molecule has 0 saturated heterocycles. The molecular weight excluding hydrogens is 162 g/mol. The van der Waals surface area contributed by atoms with E-state index in [-0.39, 0.29) is 0 Å². The number of ether oxygens (including phenoxy) is 1. The number of benzene rings is 1. The fraction of sp³-hybridized carbons (Fsp3) is 0.273. The first-order valence-electron chi connectivity index (χ1n) is 4.47. The van der Waals surface area contributed by atoms with Gasteiger partial charge in [-0.1, -0.05) is 12.7 Å². The Morgan fingerprint density at radius 2 is 2.08 bits per heavy atom. The Kier molecular flexibility index (Phi) is 4.06. The van der Waals surface area contributed by atoms with Gasteiger partial charge in [-0.2, -0.15) is 0 Å². The topological polar surface area (TPSA) is 25.8 Å². The van der Waals surface area contributed by atoms with Crippen LogP contribution in [0.5, 0.6) is 5.75 Å². The molecule has 70 valence electrons. The van der Waals surface area contributed by atoms with Crippen LogP contribution in [0.1, 0.15) is 5.56 Å². The molecule has 2 N–H and O–H groups in total. The predicted molar refractivity (Wildman–Crippen MR) is 53.7 cm³/mol. The van der Waals surface area contributed by atoms with Crippen LogP contribution in [0.3, 0.4) is 0 Å². The molecule has 0 radical (unpaired) electrons. The van der Waals surface area contributed by atoms with E-state index in [4.69, 9.17) is 4.74 Å². The van der Waals surface area contributed by atoms with E-state index in [1.165, 1.54) is 5.56 Å². The van der Waals surface area contributed by atoms with Gasteiger partial charge in [0.25, 0.3) is 0 Å². The summed E-state index contributed by atoms with van der Waals surface area (Å²) in [6.07, 6.45) is 1.74. The minimum absolute atomic E-state index is 0.569. The maximum atomic E-state index is 5.36. The van der Waals surface area contributed by atoms with Crippen LogP contribution < -0.4 is 10.1 Å². The van der Waals surface area contributed by atoms with Crippen LogP contribution in [-0.4, -0.2) is 13.7 Å². The van der Waals surface area contributed by atoms with Crippen LogP contribution in [0.25, 0.3) is 0 Å². The molecule has 0 spiro atoms. The van der Waals surface area contributed by atoms with Crippen molar-refractivity contribution in [3.05, 3.63) is 42.5 Å². The van der Waals surface area contributed by atoms with Gasteiger partial charge >= 0.3 is 0 Å². The third-order valence-corrected chi connectivity index (χ3v) is 1.73. The highest BCUT2D eigenvalue weighted by atomic mass is 16.5. The quantitative estimate of drug-likeness (QED) is 0.667. The van der Waals surface area contributed by atoms with E-state index in [0.29, 0.717) is 6.61 Å². The van der Waals surface area contributed by atoms with Crippen LogP contribution in [0.4, 0.5) is 0 Å². The molecule has 0 aliphatic heterocycles. The molecule has 1 aromatic rings. The maximum Gasteiger partial charge on any atom is 0.119 e. The molecule has 0 saturated carbocycles. The van der Waals surface area contributed by atoms with Gasteiger partial charge in [0.2, 0.25) is 0 Å². The molecule has 0 aliphatic rings. The van der Waals surface area contributed by atoms with Crippen LogP contribution in [-0.2, 0) is 6.54 Å². The molecule has 1 aromatic carbocycles. The van der Waals surface area contributed by atoms with Crippen molar-refractivity contribution < 1.29 is 10.1 Å². The standard InChI is InChI=1S/C11H15NO/c1-3-8-13-11-6-4-10(5-7-11)9-12-2/h3-7,12H,1,8-9H2,2H3/p+1. The summed E-state index contributed by atoms with van der Waals surface area (Å²) in [5.41, 5.74) is 1.31. The van der Waals surface area contributed by atoms with E-state index in [9.17, 15) is 0 Å². The predicted octanol–water partition coefficient (Wildman–Crippen LogP) is 0.945. The van der Waals surface area contributed by atoms with E-state index < -0.39 is 0 Å². The first-order chi connectivity index (χ1) is 6.36. The summed E-state index contributed by atoms with van der Waals surface area (Å²) >= 11 is 0. The normalized spacial score (nSPS) is 9.62. The lowest BCUT2D eigenvalue weighted by atomic mass is 10.2. The molecule has 0 fully saturated rings. The SMILES string of the molecule is C=CCOc1ccc(C[NH2+]C)cc1. The summed E-state index contributed by atoms with van der Waals surface area (Å²) in [5.74, 6) is 0.903. The lowest BCUT2D eigenvalue weighted by molar-refractivity contribution is -0.643. The maximum absolute atomic E-state index is 5.36. The molecule has 0 aliphatic carbocycles. The molecule has 2 nitrogen and oxygen atoms in total. The number of nitrogens with two attached hydrogens (primary N) is 1. The number of hydrogen-bond acceptors (Lipinski definition) is 1. The van der Waals surface area contributed by atoms with Gasteiger partial charge in [0, 0.05) is 5.56 Å². The zero-order chi connectivity index (χ0) is 9.52. The Bertz CT molecular complexity index is 253. The van der Waals surface area contributed by atoms with Crippen molar-refractivity contribution in [3.8, 4) is 5.75 Å². The van der Waals surface area contributed by atoms with E-state index in [0.717, 1.165) is 12.3 Å². The van der Waals surface area contributed by atoms with Gasteiger partial charge in [0.1, 0.15) is 18.9 Å². The molecule has 2 heteroatoms. The monoisotopic (exact) mass is 178 g/mol. The van der Waals surface area contributed by atoms with Crippen molar-refractivity contribution in [1.29, 1.82) is 0 Å². The summed E-state index contributed by atoms with van der Waals surface area (Å²) in [6.45, 7) is 5.18.